The summed E-state index contributed by atoms with van der Waals surface area (Å²) in [6, 6.07) is 7.94. The van der Waals surface area contributed by atoms with Gasteiger partial charge in [0, 0.05) is 24.1 Å². The lowest BCUT2D eigenvalue weighted by molar-refractivity contribution is -0.383. The fourth-order valence-corrected chi connectivity index (χ4v) is 3.44. The number of nitro benzene ring substituents is 1. The van der Waals surface area contributed by atoms with Gasteiger partial charge in [0.2, 0.25) is 5.91 Å². The van der Waals surface area contributed by atoms with Crippen molar-refractivity contribution in [3.8, 4) is 5.75 Å². The monoisotopic (exact) mass is 524 g/mol. The van der Waals surface area contributed by atoms with E-state index in [1.807, 2.05) is 0 Å². The van der Waals surface area contributed by atoms with Crippen molar-refractivity contribution in [3.63, 3.8) is 0 Å². The Bertz CT molecular complexity index is 1210. The van der Waals surface area contributed by atoms with Gasteiger partial charge in [-0.1, -0.05) is 23.2 Å². The molecule has 0 spiro atoms. The summed E-state index contributed by atoms with van der Waals surface area (Å²) in [6.45, 7) is -0.915. The van der Waals surface area contributed by atoms with Crippen LogP contribution in [0.4, 0.5) is 11.4 Å². The molecule has 0 aliphatic carbocycles. The Morgan fingerprint density at radius 1 is 1.17 bits per heavy atom. The Kier molecular flexibility index (Phi) is 8.10. The molecule has 35 heavy (non-hydrogen) atoms. The second-order valence-corrected chi connectivity index (χ2v) is 8.09. The summed E-state index contributed by atoms with van der Waals surface area (Å²) in [6.07, 6.45) is -0.247. The smallest absolute Gasteiger partial charge is 0.311 e. The minimum Gasteiger partial charge on any atom is -0.497 e. The van der Waals surface area contributed by atoms with Crippen molar-refractivity contribution in [2.45, 2.75) is 6.42 Å². The van der Waals surface area contributed by atoms with Crippen molar-refractivity contribution in [3.05, 3.63) is 62.1 Å². The molecule has 14 heteroatoms. The number of carbonyl (C=O) groups excluding carboxylic acids is 4. The van der Waals surface area contributed by atoms with E-state index in [1.54, 1.807) is 0 Å². The third-order valence-corrected chi connectivity index (χ3v) is 5.64. The highest BCUT2D eigenvalue weighted by Gasteiger charge is 2.37. The van der Waals surface area contributed by atoms with E-state index in [4.69, 9.17) is 32.7 Å². The molecule has 1 heterocycles. The lowest BCUT2D eigenvalue weighted by Gasteiger charge is -2.17. The van der Waals surface area contributed by atoms with E-state index < -0.39 is 41.1 Å². The number of anilines is 1. The molecular weight excluding hydrogens is 507 g/mol. The molecule has 1 saturated heterocycles. The van der Waals surface area contributed by atoms with Crippen molar-refractivity contribution in [2.24, 2.45) is 5.92 Å². The largest absolute Gasteiger partial charge is 0.497 e. The molecular formula is C21H18Cl2N4O8. The first-order chi connectivity index (χ1) is 16.6. The number of hydrogen-bond donors (Lipinski definition) is 2. The van der Waals surface area contributed by atoms with E-state index >= 15 is 0 Å². The molecule has 2 N–H and O–H groups in total. The lowest BCUT2D eigenvalue weighted by Crippen LogP contribution is -2.43. The van der Waals surface area contributed by atoms with Gasteiger partial charge in [0.1, 0.15) is 11.4 Å². The molecule has 2 aromatic rings. The molecule has 0 aromatic heterocycles. The van der Waals surface area contributed by atoms with E-state index in [0.29, 0.717) is 0 Å². The van der Waals surface area contributed by atoms with Gasteiger partial charge in [-0.05, 0) is 24.3 Å². The first-order valence-corrected chi connectivity index (χ1v) is 10.7. The SMILES string of the molecule is COc1ccc([N+](=O)[O-])c(NC(=O)COC(=O)[C@H]2CC(=O)N(NC(=O)c3ccc(Cl)c(Cl)c3)C2)c1. The molecule has 0 unspecified atom stereocenters. The van der Waals surface area contributed by atoms with Crippen molar-refractivity contribution in [2.75, 3.05) is 25.6 Å². The van der Waals surface area contributed by atoms with Crippen LogP contribution in [0.15, 0.2) is 36.4 Å². The van der Waals surface area contributed by atoms with Crippen LogP contribution >= 0.6 is 23.2 Å². The number of nitrogens with one attached hydrogen (secondary N) is 2. The number of rotatable bonds is 8. The number of methoxy groups -OCH3 is 1. The number of carbonyl (C=O) groups is 4. The summed E-state index contributed by atoms with van der Waals surface area (Å²) < 4.78 is 9.94. The minimum absolute atomic E-state index is 0.136. The minimum atomic E-state index is -0.935. The molecule has 2 aromatic carbocycles. The first kappa shape index (κ1) is 25.7. The Morgan fingerprint density at radius 2 is 1.91 bits per heavy atom. The molecule has 1 fully saturated rings. The van der Waals surface area contributed by atoms with Crippen LogP contribution in [0.3, 0.4) is 0 Å². The summed E-state index contributed by atoms with van der Waals surface area (Å²) in [5.41, 5.74) is 2.02. The Hall–Kier alpha value is -3.90. The van der Waals surface area contributed by atoms with Crippen LogP contribution in [0.5, 0.6) is 5.75 Å². The van der Waals surface area contributed by atoms with E-state index in [2.05, 4.69) is 10.7 Å². The van der Waals surface area contributed by atoms with E-state index in [0.717, 1.165) is 11.1 Å². The number of ether oxygens (including phenoxy) is 2. The maximum Gasteiger partial charge on any atom is 0.311 e. The zero-order chi connectivity index (χ0) is 25.7. The van der Waals surface area contributed by atoms with Crippen molar-refractivity contribution in [1.29, 1.82) is 0 Å². The standard InChI is InChI=1S/C21H18Cl2N4O8/c1-34-13-3-5-17(27(32)33)16(8-13)24-18(28)10-35-21(31)12-7-19(29)26(9-12)25-20(30)11-2-4-14(22)15(23)6-11/h2-6,8,12H,7,9-10H2,1H3,(H,24,28)(H,25,30)/t12-/m0/s1. The first-order valence-electron chi connectivity index (χ1n) is 9.94. The average molecular weight is 525 g/mol. The normalized spacial score (nSPS) is 14.9. The molecule has 0 saturated carbocycles. The summed E-state index contributed by atoms with van der Waals surface area (Å²) in [5, 5.41) is 14.8. The van der Waals surface area contributed by atoms with Crippen LogP contribution in [0.1, 0.15) is 16.8 Å². The lowest BCUT2D eigenvalue weighted by atomic mass is 10.1. The van der Waals surface area contributed by atoms with Crippen LogP contribution in [0.25, 0.3) is 0 Å². The number of nitrogens with zero attached hydrogens (tertiary/aromatic N) is 2. The zero-order valence-corrected chi connectivity index (χ0v) is 19.6. The number of benzene rings is 2. The predicted octanol–water partition coefficient (Wildman–Crippen LogP) is 2.59. The molecule has 3 amide bonds. The van der Waals surface area contributed by atoms with Crippen LogP contribution in [-0.4, -0.2) is 53.9 Å². The van der Waals surface area contributed by atoms with E-state index in [1.165, 1.54) is 37.4 Å². The molecule has 1 aliphatic rings. The fourth-order valence-electron chi connectivity index (χ4n) is 3.14. The molecule has 12 nitrogen and oxygen atoms in total. The Balaban J connectivity index is 1.54. The van der Waals surface area contributed by atoms with Gasteiger partial charge in [0.25, 0.3) is 17.5 Å². The molecule has 0 radical (unpaired) electrons. The van der Waals surface area contributed by atoms with Gasteiger partial charge in [-0.25, -0.2) is 0 Å². The number of hydrogen-bond acceptors (Lipinski definition) is 8. The quantitative estimate of drug-likeness (QED) is 0.303. The number of amides is 3. The topological polar surface area (TPSA) is 157 Å². The number of nitro groups is 1. The van der Waals surface area contributed by atoms with Gasteiger partial charge in [-0.15, -0.1) is 0 Å². The summed E-state index contributed by atoms with van der Waals surface area (Å²) >= 11 is 11.7. The third kappa shape index (κ3) is 6.37. The second-order valence-electron chi connectivity index (χ2n) is 7.27. The van der Waals surface area contributed by atoms with Gasteiger partial charge in [0.15, 0.2) is 6.61 Å². The number of halogens is 2. The highest BCUT2D eigenvalue weighted by Crippen LogP contribution is 2.29. The van der Waals surface area contributed by atoms with Gasteiger partial charge in [-0.3, -0.25) is 39.7 Å². The number of esters is 1. The highest BCUT2D eigenvalue weighted by atomic mass is 35.5. The molecule has 184 valence electrons. The van der Waals surface area contributed by atoms with E-state index in [9.17, 15) is 29.3 Å². The Morgan fingerprint density at radius 3 is 2.57 bits per heavy atom. The highest BCUT2D eigenvalue weighted by molar-refractivity contribution is 6.42. The maximum absolute atomic E-state index is 12.4. The summed E-state index contributed by atoms with van der Waals surface area (Å²) in [7, 11) is 1.35. The predicted molar refractivity (Wildman–Crippen MR) is 123 cm³/mol. The van der Waals surface area contributed by atoms with Gasteiger partial charge in [-0.2, -0.15) is 0 Å². The Labute approximate surface area is 208 Å². The van der Waals surface area contributed by atoms with Crippen LogP contribution in [-0.2, 0) is 19.1 Å². The van der Waals surface area contributed by atoms with Crippen LogP contribution in [0.2, 0.25) is 10.0 Å². The van der Waals surface area contributed by atoms with Gasteiger partial charge in [0.05, 0.1) is 34.5 Å². The van der Waals surface area contributed by atoms with Crippen molar-refractivity contribution < 1.29 is 33.6 Å². The fraction of sp³-hybridized carbons (Fsp3) is 0.238. The molecule has 3 rings (SSSR count). The third-order valence-electron chi connectivity index (χ3n) is 4.90. The zero-order valence-electron chi connectivity index (χ0n) is 18.1. The maximum atomic E-state index is 12.4. The van der Waals surface area contributed by atoms with Gasteiger partial charge < -0.3 is 14.8 Å². The summed E-state index contributed by atoms with van der Waals surface area (Å²) in [4.78, 5) is 59.6. The molecule has 1 atom stereocenters. The van der Waals surface area contributed by atoms with Crippen molar-refractivity contribution >= 4 is 58.3 Å². The summed E-state index contributed by atoms with van der Waals surface area (Å²) in [5.74, 6) is -3.50. The van der Waals surface area contributed by atoms with Crippen LogP contribution in [0, 0.1) is 16.0 Å². The van der Waals surface area contributed by atoms with Gasteiger partial charge >= 0.3 is 5.97 Å². The molecule has 1 aliphatic heterocycles. The van der Waals surface area contributed by atoms with Crippen LogP contribution < -0.4 is 15.5 Å². The van der Waals surface area contributed by atoms with Crippen molar-refractivity contribution in [1.82, 2.24) is 10.4 Å². The average Bonchev–Trinajstić information content (AvgIpc) is 3.19. The number of hydrazine groups is 1. The second kappa shape index (κ2) is 11.0. The van der Waals surface area contributed by atoms with E-state index in [-0.39, 0.29) is 45.7 Å². The molecule has 0 bridgehead atoms.